The Bertz CT molecular complexity index is 916. The summed E-state index contributed by atoms with van der Waals surface area (Å²) in [6, 6.07) is 9.05. The Morgan fingerprint density at radius 2 is 2.12 bits per heavy atom. The van der Waals surface area contributed by atoms with Crippen molar-refractivity contribution >= 4 is 17.5 Å². The van der Waals surface area contributed by atoms with Crippen LogP contribution in [0.15, 0.2) is 42.7 Å². The lowest BCUT2D eigenvalue weighted by atomic mass is 10.1. The molecule has 1 atom stereocenters. The normalized spacial score (nSPS) is 17.5. The molecule has 8 heteroatoms. The van der Waals surface area contributed by atoms with Crippen molar-refractivity contribution < 1.29 is 4.79 Å². The van der Waals surface area contributed by atoms with E-state index in [0.29, 0.717) is 29.5 Å². The van der Waals surface area contributed by atoms with Crippen LogP contribution in [0, 0.1) is 0 Å². The van der Waals surface area contributed by atoms with E-state index in [1.54, 1.807) is 24.4 Å². The number of carbonyl (C=O) groups is 1. The van der Waals surface area contributed by atoms with Gasteiger partial charge in [0.25, 0.3) is 5.91 Å². The fourth-order valence-electron chi connectivity index (χ4n) is 3.23. The quantitative estimate of drug-likeness (QED) is 0.741. The van der Waals surface area contributed by atoms with Gasteiger partial charge in [-0.05, 0) is 18.2 Å². The highest BCUT2D eigenvalue weighted by Gasteiger charge is 2.31. The highest BCUT2D eigenvalue weighted by atomic mass is 35.5. The van der Waals surface area contributed by atoms with E-state index in [-0.39, 0.29) is 11.9 Å². The van der Waals surface area contributed by atoms with E-state index in [0.717, 1.165) is 17.9 Å². The highest BCUT2D eigenvalue weighted by Crippen LogP contribution is 2.24. The number of imidazole rings is 1. The van der Waals surface area contributed by atoms with Crippen molar-refractivity contribution in [1.29, 1.82) is 0 Å². The van der Waals surface area contributed by atoms with Crippen LogP contribution < -0.4 is 5.32 Å². The Morgan fingerprint density at radius 1 is 1.31 bits per heavy atom. The molecule has 0 bridgehead atoms. The van der Waals surface area contributed by atoms with Crippen LogP contribution in [0.1, 0.15) is 22.4 Å². The molecule has 1 aliphatic heterocycles. The molecular weight excluding hydrogens is 352 g/mol. The van der Waals surface area contributed by atoms with E-state index in [2.05, 4.69) is 20.5 Å². The van der Waals surface area contributed by atoms with E-state index in [9.17, 15) is 4.79 Å². The molecule has 26 heavy (non-hydrogen) atoms. The summed E-state index contributed by atoms with van der Waals surface area (Å²) in [5.41, 5.74) is 2.09. The third kappa shape index (κ3) is 3.11. The first-order chi connectivity index (χ1) is 12.6. The van der Waals surface area contributed by atoms with Gasteiger partial charge in [-0.25, -0.2) is 4.98 Å². The number of benzene rings is 1. The zero-order valence-electron chi connectivity index (χ0n) is 14.3. The molecule has 0 spiro atoms. The van der Waals surface area contributed by atoms with Crippen LogP contribution in [0.5, 0.6) is 0 Å². The van der Waals surface area contributed by atoms with Gasteiger partial charge < -0.3 is 14.8 Å². The van der Waals surface area contributed by atoms with Crippen molar-refractivity contribution in [3.05, 3.63) is 59.3 Å². The fraction of sp³-hybridized carbons (Fsp3) is 0.278. The van der Waals surface area contributed by atoms with Gasteiger partial charge in [0.1, 0.15) is 17.6 Å². The van der Waals surface area contributed by atoms with Crippen LogP contribution in [-0.2, 0) is 7.05 Å². The first-order valence-electron chi connectivity index (χ1n) is 8.44. The summed E-state index contributed by atoms with van der Waals surface area (Å²) >= 11 is 5.93. The number of piperazine rings is 1. The molecule has 2 aromatic heterocycles. The number of hydrogen-bond acceptors (Lipinski definition) is 4. The molecule has 3 aromatic rings. The Balaban J connectivity index is 1.60. The molecule has 7 nitrogen and oxygen atoms in total. The molecular formula is C18H19ClN6O. The number of amides is 1. The van der Waals surface area contributed by atoms with Crippen molar-refractivity contribution in [2.75, 3.05) is 19.6 Å². The van der Waals surface area contributed by atoms with Crippen molar-refractivity contribution in [2.24, 2.45) is 7.05 Å². The highest BCUT2D eigenvalue weighted by molar-refractivity contribution is 6.30. The average molecular weight is 371 g/mol. The third-order valence-corrected chi connectivity index (χ3v) is 4.86. The van der Waals surface area contributed by atoms with E-state index in [4.69, 9.17) is 11.6 Å². The standard InChI is InChI=1S/C18H19ClN6O/c1-24-8-7-21-17(24)16-11-20-6-9-25(16)18(26)15-10-14(22-23-15)12-2-4-13(19)5-3-12/h2-5,7-8,10,16,20H,6,9,11H2,1H3,(H,22,23). The molecule has 3 heterocycles. The molecule has 0 saturated carbocycles. The maximum Gasteiger partial charge on any atom is 0.272 e. The topological polar surface area (TPSA) is 78.8 Å². The van der Waals surface area contributed by atoms with Crippen LogP contribution in [0.2, 0.25) is 5.02 Å². The second kappa shape index (κ2) is 6.93. The molecule has 1 fully saturated rings. The maximum atomic E-state index is 13.1. The van der Waals surface area contributed by atoms with Gasteiger partial charge in [-0.3, -0.25) is 9.89 Å². The molecule has 134 valence electrons. The van der Waals surface area contributed by atoms with Crippen LogP contribution in [0.4, 0.5) is 0 Å². The van der Waals surface area contributed by atoms with Crippen molar-refractivity contribution in [3.8, 4) is 11.3 Å². The predicted molar refractivity (Wildman–Crippen MR) is 98.9 cm³/mol. The van der Waals surface area contributed by atoms with E-state index >= 15 is 0 Å². The first kappa shape index (κ1) is 16.8. The Kier molecular flexibility index (Phi) is 4.48. The average Bonchev–Trinajstić information content (AvgIpc) is 3.31. The van der Waals surface area contributed by atoms with Crippen LogP contribution in [0.3, 0.4) is 0 Å². The van der Waals surface area contributed by atoms with Gasteiger partial charge in [0.2, 0.25) is 0 Å². The summed E-state index contributed by atoms with van der Waals surface area (Å²) in [5, 5.41) is 11.2. The second-order valence-corrected chi connectivity index (χ2v) is 6.73. The lowest BCUT2D eigenvalue weighted by molar-refractivity contribution is 0.0614. The molecule has 1 unspecified atom stereocenters. The number of aromatic nitrogens is 4. The Morgan fingerprint density at radius 3 is 2.85 bits per heavy atom. The van der Waals surface area contributed by atoms with Gasteiger partial charge in [0.15, 0.2) is 0 Å². The van der Waals surface area contributed by atoms with Crippen LogP contribution >= 0.6 is 11.6 Å². The van der Waals surface area contributed by atoms with Crippen LogP contribution in [-0.4, -0.2) is 50.2 Å². The summed E-state index contributed by atoms with van der Waals surface area (Å²) in [4.78, 5) is 19.3. The summed E-state index contributed by atoms with van der Waals surface area (Å²) in [5.74, 6) is 0.787. The van der Waals surface area contributed by atoms with Gasteiger partial charge in [-0.2, -0.15) is 5.10 Å². The van der Waals surface area contributed by atoms with Gasteiger partial charge in [0.05, 0.1) is 5.69 Å². The third-order valence-electron chi connectivity index (χ3n) is 4.61. The number of aryl methyl sites for hydroxylation is 1. The van der Waals surface area contributed by atoms with Gasteiger partial charge >= 0.3 is 0 Å². The summed E-state index contributed by atoms with van der Waals surface area (Å²) < 4.78 is 1.95. The molecule has 1 aromatic carbocycles. The Labute approximate surface area is 156 Å². The lowest BCUT2D eigenvalue weighted by Gasteiger charge is -2.35. The molecule has 1 saturated heterocycles. The molecule has 4 rings (SSSR count). The Hall–Kier alpha value is -2.64. The van der Waals surface area contributed by atoms with Gasteiger partial charge in [0, 0.05) is 49.7 Å². The molecule has 1 aliphatic rings. The zero-order chi connectivity index (χ0) is 18.1. The minimum atomic E-state index is -0.112. The van der Waals surface area contributed by atoms with E-state index in [1.807, 2.05) is 34.8 Å². The first-order valence-corrected chi connectivity index (χ1v) is 8.81. The number of nitrogens with zero attached hydrogens (tertiary/aromatic N) is 4. The van der Waals surface area contributed by atoms with E-state index in [1.165, 1.54) is 0 Å². The van der Waals surface area contributed by atoms with Gasteiger partial charge in [-0.1, -0.05) is 23.7 Å². The summed E-state index contributed by atoms with van der Waals surface area (Å²) in [6.07, 6.45) is 3.64. The molecule has 1 amide bonds. The lowest BCUT2D eigenvalue weighted by Crippen LogP contribution is -2.49. The molecule has 0 radical (unpaired) electrons. The van der Waals surface area contributed by atoms with Gasteiger partial charge in [-0.15, -0.1) is 0 Å². The maximum absolute atomic E-state index is 13.1. The zero-order valence-corrected chi connectivity index (χ0v) is 15.1. The van der Waals surface area contributed by atoms with Crippen molar-refractivity contribution in [3.63, 3.8) is 0 Å². The number of carbonyl (C=O) groups excluding carboxylic acids is 1. The van der Waals surface area contributed by atoms with Crippen molar-refractivity contribution in [2.45, 2.75) is 6.04 Å². The summed E-state index contributed by atoms with van der Waals surface area (Å²) in [7, 11) is 1.94. The number of halogens is 1. The monoisotopic (exact) mass is 370 g/mol. The second-order valence-electron chi connectivity index (χ2n) is 6.29. The number of H-pyrrole nitrogens is 1. The largest absolute Gasteiger partial charge is 0.336 e. The number of hydrogen-bond donors (Lipinski definition) is 2. The summed E-state index contributed by atoms with van der Waals surface area (Å²) in [6.45, 7) is 2.05. The molecule has 0 aliphatic carbocycles. The van der Waals surface area contributed by atoms with Crippen molar-refractivity contribution in [1.82, 2.24) is 30.0 Å². The van der Waals surface area contributed by atoms with Crippen LogP contribution in [0.25, 0.3) is 11.3 Å². The smallest absolute Gasteiger partial charge is 0.272 e. The minimum absolute atomic E-state index is 0.0767. The molecule has 2 N–H and O–H groups in total. The minimum Gasteiger partial charge on any atom is -0.336 e. The number of nitrogens with one attached hydrogen (secondary N) is 2. The number of rotatable bonds is 3. The predicted octanol–water partition coefficient (Wildman–Crippen LogP) is 2.25. The van der Waals surface area contributed by atoms with E-state index < -0.39 is 0 Å². The fourth-order valence-corrected chi connectivity index (χ4v) is 3.36. The SMILES string of the molecule is Cn1ccnc1C1CNCCN1C(=O)c1cc(-c2ccc(Cl)cc2)n[nH]1. The number of aromatic amines is 1.